The van der Waals surface area contributed by atoms with Crippen LogP contribution in [0.15, 0.2) is 64.4 Å². The van der Waals surface area contributed by atoms with Gasteiger partial charge >= 0.3 is 0 Å². The van der Waals surface area contributed by atoms with Crippen molar-refractivity contribution in [3.8, 4) is 11.4 Å². The molecule has 0 aliphatic carbocycles. The molecular weight excluding hydrogens is 513 g/mol. The van der Waals surface area contributed by atoms with Crippen LogP contribution in [0.25, 0.3) is 17.5 Å². The molecule has 0 bridgehead atoms. The van der Waals surface area contributed by atoms with Crippen LogP contribution in [-0.4, -0.2) is 51.6 Å². The summed E-state index contributed by atoms with van der Waals surface area (Å²) in [6.45, 7) is 0.154. The van der Waals surface area contributed by atoms with Crippen LogP contribution in [0, 0.1) is 0 Å². The predicted molar refractivity (Wildman–Crippen MR) is 138 cm³/mol. The number of rotatable bonds is 7. The van der Waals surface area contributed by atoms with Gasteiger partial charge in [0.05, 0.1) is 9.80 Å². The fourth-order valence-electron chi connectivity index (χ4n) is 3.03. The van der Waals surface area contributed by atoms with Crippen LogP contribution < -0.4 is 5.32 Å². The summed E-state index contributed by atoms with van der Waals surface area (Å²) in [5.74, 6) is -0.165. The smallest absolute Gasteiger partial charge is 0.266 e. The number of hydrogen-bond donors (Lipinski definition) is 1. The number of benzene rings is 2. The molecular formula is C22H18N4O4S4. The van der Waals surface area contributed by atoms with Gasteiger partial charge in [-0.2, -0.15) is 9.36 Å². The number of nitrogens with zero attached hydrogens (tertiary/aromatic N) is 3. The average molecular weight is 531 g/mol. The summed E-state index contributed by atoms with van der Waals surface area (Å²) in [4.78, 5) is 31.5. The number of carbonyl (C=O) groups is 2. The lowest BCUT2D eigenvalue weighted by Gasteiger charge is -2.13. The summed E-state index contributed by atoms with van der Waals surface area (Å²) in [7, 11) is -3.29. The van der Waals surface area contributed by atoms with Crippen molar-refractivity contribution in [1.29, 1.82) is 0 Å². The first-order valence-electron chi connectivity index (χ1n) is 9.95. The monoisotopic (exact) mass is 530 g/mol. The number of hydrogen-bond acceptors (Lipinski definition) is 9. The minimum absolute atomic E-state index is 0.0447. The molecule has 0 radical (unpaired) electrons. The van der Waals surface area contributed by atoms with Crippen LogP contribution in [0.4, 0.5) is 5.13 Å². The van der Waals surface area contributed by atoms with Crippen molar-refractivity contribution in [3.63, 3.8) is 0 Å². The van der Waals surface area contributed by atoms with Gasteiger partial charge < -0.3 is 5.32 Å². The van der Waals surface area contributed by atoms with Crippen molar-refractivity contribution in [2.45, 2.75) is 11.3 Å². The van der Waals surface area contributed by atoms with E-state index in [9.17, 15) is 18.0 Å². The third-order valence-electron chi connectivity index (χ3n) is 4.75. The van der Waals surface area contributed by atoms with Crippen LogP contribution in [-0.2, 0) is 19.4 Å². The first-order chi connectivity index (χ1) is 16.2. The van der Waals surface area contributed by atoms with E-state index in [1.165, 1.54) is 28.8 Å². The Hall–Kier alpha value is -2.93. The van der Waals surface area contributed by atoms with E-state index >= 15 is 0 Å². The van der Waals surface area contributed by atoms with Crippen LogP contribution in [0.2, 0.25) is 0 Å². The lowest BCUT2D eigenvalue weighted by molar-refractivity contribution is -0.122. The Balaban J connectivity index is 1.34. The highest BCUT2D eigenvalue weighted by atomic mass is 32.2. The molecule has 1 aromatic heterocycles. The predicted octanol–water partition coefficient (Wildman–Crippen LogP) is 3.84. The molecule has 34 heavy (non-hydrogen) atoms. The van der Waals surface area contributed by atoms with Gasteiger partial charge in [-0.25, -0.2) is 8.42 Å². The van der Waals surface area contributed by atoms with E-state index in [1.807, 2.05) is 30.3 Å². The number of carbonyl (C=O) groups excluding carboxylic acids is 2. The SMILES string of the molecule is CS(=O)(=O)c1ccc(-c2nsc(NC(=O)CCN3C(=O)/C(=C/c4ccccc4)SC3=S)n2)cc1. The lowest BCUT2D eigenvalue weighted by Crippen LogP contribution is -2.31. The molecule has 1 fully saturated rings. The van der Waals surface area contributed by atoms with Crippen molar-refractivity contribution in [1.82, 2.24) is 14.3 Å². The summed E-state index contributed by atoms with van der Waals surface area (Å²) in [5.41, 5.74) is 1.53. The van der Waals surface area contributed by atoms with Gasteiger partial charge in [0.1, 0.15) is 4.32 Å². The third kappa shape index (κ3) is 5.76. The zero-order chi connectivity index (χ0) is 24.3. The van der Waals surface area contributed by atoms with Crippen LogP contribution in [0.1, 0.15) is 12.0 Å². The minimum Gasteiger partial charge on any atom is -0.301 e. The summed E-state index contributed by atoms with van der Waals surface area (Å²) in [6, 6.07) is 15.7. The number of nitrogens with one attached hydrogen (secondary N) is 1. The normalized spacial score (nSPS) is 15.2. The van der Waals surface area contributed by atoms with E-state index in [4.69, 9.17) is 12.2 Å². The van der Waals surface area contributed by atoms with Crippen molar-refractivity contribution in [2.24, 2.45) is 0 Å². The Morgan fingerprint density at radius 3 is 2.53 bits per heavy atom. The number of amides is 2. The summed E-state index contributed by atoms with van der Waals surface area (Å²) in [5, 5.41) is 2.99. The van der Waals surface area contributed by atoms with Gasteiger partial charge in [0.15, 0.2) is 15.7 Å². The standard InChI is InChI=1S/C22H18N4O4S4/c1-34(29,30)16-9-7-15(8-10-16)19-24-21(33-25-19)23-18(27)11-12-26-20(28)17(32-22(26)31)13-14-5-3-2-4-6-14/h2-10,13H,11-12H2,1H3,(H,23,24,25,27)/b17-13-. The highest BCUT2D eigenvalue weighted by Crippen LogP contribution is 2.32. The Morgan fingerprint density at radius 2 is 1.85 bits per heavy atom. The molecule has 0 unspecified atom stereocenters. The zero-order valence-corrected chi connectivity index (χ0v) is 21.1. The van der Waals surface area contributed by atoms with E-state index in [-0.39, 0.29) is 29.7 Å². The van der Waals surface area contributed by atoms with Crippen molar-refractivity contribution in [3.05, 3.63) is 65.1 Å². The molecule has 2 heterocycles. The molecule has 3 aromatic rings. The van der Waals surface area contributed by atoms with E-state index in [2.05, 4.69) is 14.7 Å². The lowest BCUT2D eigenvalue weighted by atomic mass is 10.2. The maximum Gasteiger partial charge on any atom is 0.266 e. The molecule has 2 aromatic carbocycles. The molecule has 2 amide bonds. The maximum absolute atomic E-state index is 12.7. The van der Waals surface area contributed by atoms with E-state index in [0.29, 0.717) is 25.7 Å². The number of sulfone groups is 1. The zero-order valence-electron chi connectivity index (χ0n) is 17.8. The van der Waals surface area contributed by atoms with Crippen molar-refractivity contribution in [2.75, 3.05) is 18.1 Å². The van der Waals surface area contributed by atoms with Gasteiger partial charge in [-0.05, 0) is 35.9 Å². The van der Waals surface area contributed by atoms with E-state index < -0.39 is 9.84 Å². The maximum atomic E-state index is 12.7. The average Bonchev–Trinajstić information content (AvgIpc) is 3.37. The Morgan fingerprint density at radius 1 is 1.15 bits per heavy atom. The fourth-order valence-corrected chi connectivity index (χ4v) is 5.58. The number of thioether (sulfide) groups is 1. The Labute approximate surface area is 210 Å². The van der Waals surface area contributed by atoms with Gasteiger partial charge in [-0.15, -0.1) is 0 Å². The van der Waals surface area contributed by atoms with Gasteiger partial charge in [-0.3, -0.25) is 14.5 Å². The van der Waals surface area contributed by atoms with Crippen LogP contribution in [0.3, 0.4) is 0 Å². The van der Waals surface area contributed by atoms with Crippen molar-refractivity contribution < 1.29 is 18.0 Å². The summed E-state index contributed by atoms with van der Waals surface area (Å²) < 4.78 is 27.8. The van der Waals surface area contributed by atoms with Gasteiger partial charge in [0.25, 0.3) is 5.91 Å². The third-order valence-corrected chi connectivity index (χ3v) is 7.88. The van der Waals surface area contributed by atoms with Crippen LogP contribution in [0.5, 0.6) is 0 Å². The molecule has 1 saturated heterocycles. The molecule has 1 aliphatic rings. The summed E-state index contributed by atoms with van der Waals surface area (Å²) in [6.07, 6.45) is 2.96. The highest BCUT2D eigenvalue weighted by molar-refractivity contribution is 8.26. The first-order valence-corrected chi connectivity index (χ1v) is 13.8. The second-order valence-corrected chi connectivity index (χ2v) is 11.7. The van der Waals surface area contributed by atoms with Crippen LogP contribution >= 0.6 is 35.5 Å². The van der Waals surface area contributed by atoms with E-state index in [1.54, 1.807) is 18.2 Å². The quantitative estimate of drug-likeness (QED) is 0.363. The number of thiocarbonyl (C=S) groups is 1. The minimum atomic E-state index is -3.29. The molecule has 0 spiro atoms. The molecule has 8 nitrogen and oxygen atoms in total. The van der Waals surface area contributed by atoms with Gasteiger partial charge in [0, 0.05) is 36.3 Å². The summed E-state index contributed by atoms with van der Waals surface area (Å²) >= 11 is 7.55. The molecule has 12 heteroatoms. The largest absolute Gasteiger partial charge is 0.301 e. The van der Waals surface area contributed by atoms with Gasteiger partial charge in [0.2, 0.25) is 11.0 Å². The first kappa shape index (κ1) is 24.2. The highest BCUT2D eigenvalue weighted by Gasteiger charge is 2.32. The molecule has 1 N–H and O–H groups in total. The second-order valence-electron chi connectivity index (χ2n) is 7.26. The second kappa shape index (κ2) is 10.1. The molecule has 174 valence electrons. The fraction of sp³-hybridized carbons (Fsp3) is 0.136. The number of anilines is 1. The Bertz CT molecular complexity index is 1380. The molecule has 1 aliphatic heterocycles. The van der Waals surface area contributed by atoms with Gasteiger partial charge in [-0.1, -0.05) is 54.3 Å². The topological polar surface area (TPSA) is 109 Å². The van der Waals surface area contributed by atoms with Crippen molar-refractivity contribution >= 4 is 72.7 Å². The van der Waals surface area contributed by atoms with E-state index in [0.717, 1.165) is 23.4 Å². The molecule has 0 atom stereocenters. The molecule has 4 rings (SSSR count). The number of aromatic nitrogens is 2. The Kier molecular flexibility index (Phi) is 7.22. The molecule has 0 saturated carbocycles.